The van der Waals surface area contributed by atoms with Crippen LogP contribution in [0.1, 0.15) is 32.6 Å². The zero-order valence-electron chi connectivity index (χ0n) is 15.3. The van der Waals surface area contributed by atoms with Gasteiger partial charge in [-0.25, -0.2) is 9.59 Å². The Morgan fingerprint density at radius 3 is 2.46 bits per heavy atom. The topological polar surface area (TPSA) is 99.1 Å². The monoisotopic (exact) mass is 420 g/mol. The van der Waals surface area contributed by atoms with Gasteiger partial charge in [0.2, 0.25) is 0 Å². The Morgan fingerprint density at radius 2 is 1.89 bits per heavy atom. The highest BCUT2D eigenvalue weighted by molar-refractivity contribution is 6.32. The van der Waals surface area contributed by atoms with E-state index in [0.29, 0.717) is 18.1 Å². The summed E-state index contributed by atoms with van der Waals surface area (Å²) < 4.78 is 29.1. The average molecular weight is 421 g/mol. The second-order valence-electron chi connectivity index (χ2n) is 6.78. The molecule has 10 heteroatoms. The van der Waals surface area contributed by atoms with Gasteiger partial charge in [-0.1, -0.05) is 24.4 Å². The first kappa shape index (κ1) is 22.2. The van der Waals surface area contributed by atoms with Crippen LogP contribution in [0.25, 0.3) is 0 Å². The van der Waals surface area contributed by atoms with Crippen LogP contribution < -0.4 is 15.0 Å². The lowest BCUT2D eigenvalue weighted by molar-refractivity contribution is -0.159. The second kappa shape index (κ2) is 9.88. The van der Waals surface area contributed by atoms with Crippen molar-refractivity contribution in [3.63, 3.8) is 0 Å². The van der Waals surface area contributed by atoms with Crippen molar-refractivity contribution in [2.24, 2.45) is 0 Å². The zero-order valence-corrected chi connectivity index (χ0v) is 16.0. The summed E-state index contributed by atoms with van der Waals surface area (Å²) >= 11 is 6.10. The maximum absolute atomic E-state index is 12.3. The van der Waals surface area contributed by atoms with E-state index in [1.807, 2.05) is 6.07 Å². The number of carbonyl (C=O) groups is 2. The number of nitrogens with one attached hydrogen (secondary N) is 1. The maximum Gasteiger partial charge on any atom is 0.414 e. The van der Waals surface area contributed by atoms with Crippen molar-refractivity contribution >= 4 is 29.2 Å². The minimum Gasteiger partial charge on any atom is -0.473 e. The number of hydrogen-bond donors (Lipinski definition) is 3. The van der Waals surface area contributed by atoms with Gasteiger partial charge >= 0.3 is 18.6 Å². The van der Waals surface area contributed by atoms with Crippen LogP contribution in [0.5, 0.6) is 5.75 Å². The molecule has 2 fully saturated rings. The van der Waals surface area contributed by atoms with Gasteiger partial charge in [0.25, 0.3) is 0 Å². The summed E-state index contributed by atoms with van der Waals surface area (Å²) in [6.07, 6.45) is 4.83. The molecule has 1 aromatic rings. The highest BCUT2D eigenvalue weighted by Crippen LogP contribution is 2.35. The molecule has 0 unspecified atom stereocenters. The quantitative estimate of drug-likeness (QED) is 0.646. The molecule has 3 N–H and O–H groups in total. The van der Waals surface area contributed by atoms with Gasteiger partial charge in [0.1, 0.15) is 5.75 Å². The molecular formula is C18H23ClF2N2O5. The summed E-state index contributed by atoms with van der Waals surface area (Å²) in [5, 5.41) is 18.7. The van der Waals surface area contributed by atoms with E-state index in [-0.39, 0.29) is 10.8 Å². The predicted molar refractivity (Wildman–Crippen MR) is 99.3 cm³/mol. The van der Waals surface area contributed by atoms with Crippen molar-refractivity contribution in [3.05, 3.63) is 23.2 Å². The Hall–Kier alpha value is -2.13. The number of nitrogens with zero attached hydrogens (tertiary/aromatic N) is 1. The van der Waals surface area contributed by atoms with Crippen LogP contribution in [0, 0.1) is 0 Å². The minimum atomic E-state index is -2.86. The van der Waals surface area contributed by atoms with E-state index in [0.717, 1.165) is 18.7 Å². The summed E-state index contributed by atoms with van der Waals surface area (Å²) in [6.45, 7) is 0.213. The summed E-state index contributed by atoms with van der Waals surface area (Å²) in [6, 6.07) is 6.44. The van der Waals surface area contributed by atoms with Gasteiger partial charge in [-0.15, -0.1) is 0 Å². The van der Waals surface area contributed by atoms with Crippen LogP contribution in [-0.4, -0.2) is 53.4 Å². The molecule has 0 bridgehead atoms. The number of anilines is 1. The van der Waals surface area contributed by atoms with Crippen molar-refractivity contribution < 1.29 is 33.3 Å². The van der Waals surface area contributed by atoms with Crippen molar-refractivity contribution in [3.8, 4) is 5.75 Å². The zero-order chi connectivity index (χ0) is 20.8. The summed E-state index contributed by atoms with van der Waals surface area (Å²) in [4.78, 5) is 20.6. The highest BCUT2D eigenvalue weighted by Gasteiger charge is 2.35. The van der Waals surface area contributed by atoms with Crippen LogP contribution in [0.3, 0.4) is 0 Å². The Morgan fingerprint density at radius 1 is 1.25 bits per heavy atom. The number of hydrogen-bond acceptors (Lipinski definition) is 5. The van der Waals surface area contributed by atoms with Crippen molar-refractivity contribution in [1.82, 2.24) is 5.32 Å². The van der Waals surface area contributed by atoms with Gasteiger partial charge in [-0.3, -0.25) is 0 Å². The maximum atomic E-state index is 12.3. The molecule has 7 nitrogen and oxygen atoms in total. The molecule has 1 aromatic carbocycles. The molecule has 1 saturated carbocycles. The highest BCUT2D eigenvalue weighted by atomic mass is 35.5. The number of fused-ring (bicyclic) bond motifs is 1. The van der Waals surface area contributed by atoms with Gasteiger partial charge in [0, 0.05) is 30.4 Å². The molecule has 156 valence electrons. The molecule has 0 amide bonds. The molecule has 3 atom stereocenters. The van der Waals surface area contributed by atoms with E-state index >= 15 is 0 Å². The number of piperazine rings is 1. The fourth-order valence-corrected chi connectivity index (χ4v) is 3.90. The number of carboxylic acid groups (broad SMARTS) is 2. The van der Waals surface area contributed by atoms with Gasteiger partial charge in [-0.05, 0) is 38.0 Å². The van der Waals surface area contributed by atoms with E-state index in [2.05, 4.69) is 21.9 Å². The molecule has 1 saturated heterocycles. The van der Waals surface area contributed by atoms with Crippen molar-refractivity contribution in [2.45, 2.75) is 57.3 Å². The standard InChI is InChI=1S/C16H21ClF2N2O.C2H2O4/c1-10-9-21(14-5-3-2-4-13(14)20-10)11-6-7-15(12(17)8-11)22-16(18)19;3-1(4)2(5)6/h6-8,10,13-14,16,20H,2-5,9H2,1H3;(H,3,4)(H,5,6)/t10-,13+,14+;/m1./s1. The van der Waals surface area contributed by atoms with Crippen LogP contribution in [0.2, 0.25) is 5.02 Å². The fraction of sp³-hybridized carbons (Fsp3) is 0.556. The fourth-order valence-electron chi connectivity index (χ4n) is 3.68. The van der Waals surface area contributed by atoms with Gasteiger partial charge < -0.3 is 25.2 Å². The number of ether oxygens (including phenoxy) is 1. The normalized spacial score (nSPS) is 24.0. The SMILES string of the molecule is C[C@@H]1CN(c2ccc(OC(F)F)c(Cl)c2)[C@H]2CCCC[C@@H]2N1.O=C(O)C(=O)O. The third-order valence-corrected chi connectivity index (χ3v) is 5.04. The van der Waals surface area contributed by atoms with Crippen LogP contribution in [0.15, 0.2) is 18.2 Å². The molecule has 2 aliphatic rings. The van der Waals surface area contributed by atoms with Crippen LogP contribution in [0.4, 0.5) is 14.5 Å². The first-order valence-corrected chi connectivity index (χ1v) is 9.30. The number of benzene rings is 1. The first-order chi connectivity index (χ1) is 13.2. The Balaban J connectivity index is 0.000000409. The molecule has 28 heavy (non-hydrogen) atoms. The molecule has 1 heterocycles. The lowest BCUT2D eigenvalue weighted by Crippen LogP contribution is -2.62. The van der Waals surface area contributed by atoms with E-state index in [9.17, 15) is 8.78 Å². The van der Waals surface area contributed by atoms with Crippen molar-refractivity contribution in [2.75, 3.05) is 11.4 Å². The first-order valence-electron chi connectivity index (χ1n) is 8.92. The Bertz CT molecular complexity index is 695. The van der Waals surface area contributed by atoms with Gasteiger partial charge in [0.05, 0.1) is 5.02 Å². The second-order valence-corrected chi connectivity index (χ2v) is 7.19. The molecule has 1 aliphatic heterocycles. The van der Waals surface area contributed by atoms with E-state index in [1.54, 1.807) is 6.07 Å². The molecule has 1 aliphatic carbocycles. The smallest absolute Gasteiger partial charge is 0.414 e. The molecular weight excluding hydrogens is 398 g/mol. The largest absolute Gasteiger partial charge is 0.473 e. The molecule has 0 aromatic heterocycles. The number of carboxylic acids is 2. The Kier molecular flexibility index (Phi) is 7.82. The van der Waals surface area contributed by atoms with Gasteiger partial charge in [0.15, 0.2) is 0 Å². The lowest BCUT2D eigenvalue weighted by Gasteiger charge is -2.48. The third-order valence-electron chi connectivity index (χ3n) is 4.75. The predicted octanol–water partition coefficient (Wildman–Crippen LogP) is 3.21. The average Bonchev–Trinajstić information content (AvgIpc) is 2.62. The number of aliphatic carboxylic acids is 2. The minimum absolute atomic E-state index is 0.0313. The van der Waals surface area contributed by atoms with E-state index in [1.165, 1.54) is 25.3 Å². The lowest BCUT2D eigenvalue weighted by atomic mass is 9.86. The number of rotatable bonds is 3. The summed E-state index contributed by atoms with van der Waals surface area (Å²) in [5.41, 5.74) is 0.983. The van der Waals surface area contributed by atoms with Crippen LogP contribution in [-0.2, 0) is 9.59 Å². The number of alkyl halides is 2. The van der Waals surface area contributed by atoms with E-state index < -0.39 is 18.6 Å². The molecule has 0 radical (unpaired) electrons. The summed E-state index contributed by atoms with van der Waals surface area (Å²) in [7, 11) is 0. The van der Waals surface area contributed by atoms with Crippen molar-refractivity contribution in [1.29, 1.82) is 0 Å². The molecule has 3 rings (SSSR count). The molecule has 0 spiro atoms. The van der Waals surface area contributed by atoms with Crippen LogP contribution >= 0.6 is 11.6 Å². The Labute approximate surface area is 166 Å². The van der Waals surface area contributed by atoms with E-state index in [4.69, 9.17) is 31.4 Å². The third kappa shape index (κ3) is 5.93. The number of halogens is 3. The summed E-state index contributed by atoms with van der Waals surface area (Å²) in [5.74, 6) is -3.62. The van der Waals surface area contributed by atoms with Gasteiger partial charge in [-0.2, -0.15) is 8.78 Å².